The van der Waals surface area contributed by atoms with Gasteiger partial charge in [0.2, 0.25) is 0 Å². The fourth-order valence-electron chi connectivity index (χ4n) is 5.43. The number of benzene rings is 1. The molecule has 3 aliphatic carbocycles. The molecule has 3 fully saturated rings. The van der Waals surface area contributed by atoms with Crippen LogP contribution in [0.3, 0.4) is 0 Å². The van der Waals surface area contributed by atoms with Crippen molar-refractivity contribution < 1.29 is 0 Å². The van der Waals surface area contributed by atoms with Crippen LogP contribution in [-0.2, 0) is 0 Å². The summed E-state index contributed by atoms with van der Waals surface area (Å²) >= 11 is 3.52. The Balaban J connectivity index is 1.44. The minimum absolute atomic E-state index is 0.479. The molecular weight excluding hydrogens is 310 g/mol. The highest BCUT2D eigenvalue weighted by Crippen LogP contribution is 2.58. The van der Waals surface area contributed by atoms with Gasteiger partial charge in [-0.05, 0) is 74.0 Å². The molecule has 2 bridgehead atoms. The van der Waals surface area contributed by atoms with Gasteiger partial charge in [-0.1, -0.05) is 34.5 Å². The maximum absolute atomic E-state index is 3.94. The molecule has 6 atom stereocenters. The lowest BCUT2D eigenvalue weighted by Gasteiger charge is -2.34. The molecule has 0 heterocycles. The molecule has 2 heteroatoms. The quantitative estimate of drug-likeness (QED) is 0.827. The predicted octanol–water partition coefficient (Wildman–Crippen LogP) is 4.92. The average molecular weight is 334 g/mol. The van der Waals surface area contributed by atoms with E-state index in [0.29, 0.717) is 6.04 Å². The first kappa shape index (κ1) is 13.3. The van der Waals surface area contributed by atoms with Gasteiger partial charge in [0.25, 0.3) is 0 Å². The number of rotatable bonds is 3. The first-order chi connectivity index (χ1) is 9.72. The molecular formula is C18H24BrN. The van der Waals surface area contributed by atoms with E-state index in [-0.39, 0.29) is 0 Å². The fraction of sp³-hybridized carbons (Fsp3) is 0.667. The zero-order chi connectivity index (χ0) is 13.7. The second kappa shape index (κ2) is 5.14. The normalized spacial score (nSPS) is 40.0. The summed E-state index contributed by atoms with van der Waals surface area (Å²) in [5, 5.41) is 3.94. The minimum atomic E-state index is 0.479. The summed E-state index contributed by atoms with van der Waals surface area (Å²) in [6, 6.07) is 10.0. The number of hydrogen-bond donors (Lipinski definition) is 1. The number of fused-ring (bicyclic) bond motifs is 5. The second-order valence-electron chi connectivity index (χ2n) is 7.20. The summed E-state index contributed by atoms with van der Waals surface area (Å²) in [6.45, 7) is 2.32. The maximum Gasteiger partial charge on any atom is 0.0294 e. The SMILES string of the molecule is C[C@@H](NC1CC2CC1C1CCCC21)c1ccc(Br)cc1. The third kappa shape index (κ3) is 2.16. The van der Waals surface area contributed by atoms with E-state index in [2.05, 4.69) is 52.4 Å². The van der Waals surface area contributed by atoms with Crippen LogP contribution in [0.1, 0.15) is 50.6 Å². The zero-order valence-electron chi connectivity index (χ0n) is 12.2. The highest BCUT2D eigenvalue weighted by molar-refractivity contribution is 9.10. The zero-order valence-corrected chi connectivity index (χ0v) is 13.8. The Morgan fingerprint density at radius 2 is 1.80 bits per heavy atom. The Bertz CT molecular complexity index is 483. The van der Waals surface area contributed by atoms with Crippen molar-refractivity contribution in [1.82, 2.24) is 5.32 Å². The smallest absolute Gasteiger partial charge is 0.0294 e. The monoisotopic (exact) mass is 333 g/mol. The molecule has 5 unspecified atom stereocenters. The summed E-state index contributed by atoms with van der Waals surface area (Å²) in [4.78, 5) is 0. The van der Waals surface area contributed by atoms with E-state index in [1.54, 1.807) is 0 Å². The van der Waals surface area contributed by atoms with Gasteiger partial charge in [-0.2, -0.15) is 0 Å². The van der Waals surface area contributed by atoms with E-state index in [1.807, 2.05) is 0 Å². The van der Waals surface area contributed by atoms with Gasteiger partial charge in [-0.3, -0.25) is 0 Å². The van der Waals surface area contributed by atoms with E-state index in [1.165, 1.54) is 42.1 Å². The van der Waals surface area contributed by atoms with Crippen LogP contribution in [0.25, 0.3) is 0 Å². The van der Waals surface area contributed by atoms with Crippen LogP contribution < -0.4 is 5.32 Å². The van der Waals surface area contributed by atoms with Crippen molar-refractivity contribution >= 4 is 15.9 Å². The molecule has 0 spiro atoms. The van der Waals surface area contributed by atoms with E-state index < -0.39 is 0 Å². The summed E-state index contributed by atoms with van der Waals surface area (Å²) in [5.74, 6) is 4.18. The first-order valence-corrected chi connectivity index (χ1v) is 9.03. The molecule has 0 amide bonds. The number of halogens is 1. The molecule has 1 N–H and O–H groups in total. The molecule has 0 aliphatic heterocycles. The van der Waals surface area contributed by atoms with Crippen molar-refractivity contribution in [3.63, 3.8) is 0 Å². The largest absolute Gasteiger partial charge is 0.307 e. The molecule has 4 rings (SSSR count). The van der Waals surface area contributed by atoms with Crippen molar-refractivity contribution in [2.45, 2.75) is 51.1 Å². The fourth-order valence-corrected chi connectivity index (χ4v) is 5.69. The van der Waals surface area contributed by atoms with Gasteiger partial charge in [0, 0.05) is 16.6 Å². The molecule has 1 aromatic rings. The lowest BCUT2D eigenvalue weighted by molar-refractivity contribution is 0.200. The number of nitrogens with one attached hydrogen (secondary N) is 1. The van der Waals surface area contributed by atoms with Crippen molar-refractivity contribution in [1.29, 1.82) is 0 Å². The van der Waals surface area contributed by atoms with Crippen LogP contribution in [-0.4, -0.2) is 6.04 Å². The van der Waals surface area contributed by atoms with Gasteiger partial charge in [0.05, 0.1) is 0 Å². The lowest BCUT2D eigenvalue weighted by Crippen LogP contribution is -2.40. The molecule has 0 aromatic heterocycles. The van der Waals surface area contributed by atoms with Crippen LogP contribution in [0.4, 0.5) is 0 Å². The Kier molecular flexibility index (Phi) is 3.42. The number of hydrogen-bond acceptors (Lipinski definition) is 1. The topological polar surface area (TPSA) is 12.0 Å². The van der Waals surface area contributed by atoms with Gasteiger partial charge in [0.15, 0.2) is 0 Å². The Morgan fingerprint density at radius 1 is 1.05 bits per heavy atom. The summed E-state index contributed by atoms with van der Waals surface area (Å²) in [6.07, 6.45) is 7.49. The molecule has 20 heavy (non-hydrogen) atoms. The second-order valence-corrected chi connectivity index (χ2v) is 8.12. The molecule has 0 radical (unpaired) electrons. The summed E-state index contributed by atoms with van der Waals surface area (Å²) < 4.78 is 1.17. The van der Waals surface area contributed by atoms with Crippen LogP contribution >= 0.6 is 15.9 Å². The summed E-state index contributed by atoms with van der Waals surface area (Å²) in [5.41, 5.74) is 1.42. The van der Waals surface area contributed by atoms with Gasteiger partial charge in [-0.25, -0.2) is 0 Å². The highest BCUT2D eigenvalue weighted by Gasteiger charge is 2.53. The van der Waals surface area contributed by atoms with Crippen molar-refractivity contribution in [2.75, 3.05) is 0 Å². The summed E-state index contributed by atoms with van der Waals surface area (Å²) in [7, 11) is 0. The van der Waals surface area contributed by atoms with Gasteiger partial charge < -0.3 is 5.32 Å². The van der Waals surface area contributed by atoms with Gasteiger partial charge in [-0.15, -0.1) is 0 Å². The van der Waals surface area contributed by atoms with Crippen molar-refractivity contribution in [3.05, 3.63) is 34.3 Å². The molecule has 1 aromatic carbocycles. The van der Waals surface area contributed by atoms with E-state index >= 15 is 0 Å². The van der Waals surface area contributed by atoms with Crippen LogP contribution in [0, 0.1) is 23.7 Å². The third-order valence-corrected chi connectivity index (χ3v) is 6.79. The van der Waals surface area contributed by atoms with Crippen LogP contribution in [0.5, 0.6) is 0 Å². The van der Waals surface area contributed by atoms with Crippen molar-refractivity contribution in [3.8, 4) is 0 Å². The van der Waals surface area contributed by atoms with E-state index in [9.17, 15) is 0 Å². The third-order valence-electron chi connectivity index (χ3n) is 6.26. The molecule has 1 nitrogen and oxygen atoms in total. The highest BCUT2D eigenvalue weighted by atomic mass is 79.9. The minimum Gasteiger partial charge on any atom is -0.307 e. The standard InChI is InChI=1S/C18H24BrN/c1-11(12-5-7-14(19)8-6-12)20-18-10-13-9-17(18)16-4-2-3-15(13)16/h5-8,11,13,15-18,20H,2-4,9-10H2,1H3/t11-,13?,15?,16?,17?,18?/m1/s1. The van der Waals surface area contributed by atoms with Crippen LogP contribution in [0.2, 0.25) is 0 Å². The molecule has 108 valence electrons. The van der Waals surface area contributed by atoms with Crippen molar-refractivity contribution in [2.24, 2.45) is 23.7 Å². The van der Waals surface area contributed by atoms with E-state index in [0.717, 1.165) is 29.7 Å². The average Bonchev–Trinajstić information content (AvgIpc) is 3.11. The van der Waals surface area contributed by atoms with Crippen LogP contribution in [0.15, 0.2) is 28.7 Å². The Hall–Kier alpha value is -0.340. The van der Waals surface area contributed by atoms with E-state index in [4.69, 9.17) is 0 Å². The van der Waals surface area contributed by atoms with Gasteiger partial charge >= 0.3 is 0 Å². The Labute approximate surface area is 130 Å². The molecule has 3 saturated carbocycles. The predicted molar refractivity (Wildman–Crippen MR) is 86.5 cm³/mol. The van der Waals surface area contributed by atoms with Gasteiger partial charge in [0.1, 0.15) is 0 Å². The lowest BCUT2D eigenvalue weighted by atomic mass is 9.79. The molecule has 3 aliphatic rings. The maximum atomic E-state index is 3.94. The first-order valence-electron chi connectivity index (χ1n) is 8.24. The Morgan fingerprint density at radius 3 is 2.60 bits per heavy atom. The molecule has 0 saturated heterocycles.